The van der Waals surface area contributed by atoms with Crippen LogP contribution in [0.15, 0.2) is 24.3 Å². The normalized spacial score (nSPS) is 12.8. The van der Waals surface area contributed by atoms with Gasteiger partial charge in [-0.15, -0.1) is 0 Å². The molecule has 0 saturated carbocycles. The summed E-state index contributed by atoms with van der Waals surface area (Å²) in [5.41, 5.74) is 0.634. The number of halogens is 3. The molecule has 182 valence electrons. The number of hydrogen-bond acceptors (Lipinski definition) is 5. The number of carbonyl (C=O) groups is 2. The Hall–Kier alpha value is -2.49. The second kappa shape index (κ2) is 12.5. The van der Waals surface area contributed by atoms with Crippen LogP contribution in [0.3, 0.4) is 0 Å². The van der Waals surface area contributed by atoms with Gasteiger partial charge in [0.2, 0.25) is 0 Å². The van der Waals surface area contributed by atoms with Crippen molar-refractivity contribution in [2.45, 2.75) is 52.8 Å². The maximum absolute atomic E-state index is 12.4. The molecule has 32 heavy (non-hydrogen) atoms. The predicted octanol–water partition coefficient (Wildman–Crippen LogP) is 4.53. The van der Waals surface area contributed by atoms with E-state index in [0.29, 0.717) is 12.2 Å². The van der Waals surface area contributed by atoms with Crippen LogP contribution in [-0.4, -0.2) is 67.3 Å². The number of hydrogen-bond donors (Lipinski definition) is 1. The lowest BCUT2D eigenvalue weighted by Gasteiger charge is -2.26. The topological polar surface area (TPSA) is 85.3 Å². The molecule has 0 saturated heterocycles. The Kier molecular flexibility index (Phi) is 10.8. The van der Waals surface area contributed by atoms with Crippen molar-refractivity contribution in [3.63, 3.8) is 0 Å². The highest BCUT2D eigenvalue weighted by molar-refractivity contribution is 5.72. The number of alkyl halides is 3. The first-order valence-corrected chi connectivity index (χ1v) is 10.4. The van der Waals surface area contributed by atoms with Crippen molar-refractivity contribution in [3.05, 3.63) is 29.8 Å². The Balaban J connectivity index is 2.63. The highest BCUT2D eigenvalue weighted by Gasteiger charge is 2.31. The summed E-state index contributed by atoms with van der Waals surface area (Å²) >= 11 is 0. The molecule has 1 aromatic carbocycles. The number of rotatable bonds is 12. The molecule has 10 heteroatoms. The van der Waals surface area contributed by atoms with E-state index in [-0.39, 0.29) is 38.1 Å². The average Bonchev–Trinajstić information content (AvgIpc) is 2.68. The molecule has 0 aromatic heterocycles. The summed E-state index contributed by atoms with van der Waals surface area (Å²) in [6.45, 7) is 6.60. The lowest BCUT2D eigenvalue weighted by Crippen LogP contribution is -2.38. The third-order valence-corrected chi connectivity index (χ3v) is 4.37. The zero-order valence-corrected chi connectivity index (χ0v) is 18.9. The van der Waals surface area contributed by atoms with Crippen LogP contribution >= 0.6 is 0 Å². The number of ether oxygens (including phenoxy) is 3. The molecule has 0 spiro atoms. The molecule has 1 unspecified atom stereocenters. The summed E-state index contributed by atoms with van der Waals surface area (Å²) in [6.07, 6.45) is -5.79. The zero-order valence-electron chi connectivity index (χ0n) is 18.9. The number of benzene rings is 1. The Morgan fingerprint density at radius 2 is 1.72 bits per heavy atom. The number of carboxylic acid groups (broad SMARTS) is 1. The van der Waals surface area contributed by atoms with Gasteiger partial charge in [0.05, 0.1) is 6.54 Å². The van der Waals surface area contributed by atoms with Gasteiger partial charge in [-0.25, -0.2) is 9.59 Å². The van der Waals surface area contributed by atoms with Crippen LogP contribution in [-0.2, 0) is 20.7 Å². The lowest BCUT2D eigenvalue weighted by atomic mass is 9.92. The fraction of sp³-hybridized carbons (Fsp3) is 0.636. The molecule has 1 aromatic rings. The molecule has 0 aliphatic carbocycles. The second-order valence-corrected chi connectivity index (χ2v) is 8.45. The first-order valence-electron chi connectivity index (χ1n) is 10.4. The van der Waals surface area contributed by atoms with Gasteiger partial charge in [-0.1, -0.05) is 32.9 Å². The number of carboxylic acids is 1. The van der Waals surface area contributed by atoms with E-state index in [4.69, 9.17) is 14.6 Å². The SMILES string of the molecule is CCOC(Cc1ccc(OCCN(CCC(C)(C)C)C(=O)OCC(F)(F)F)cc1)C(=O)O. The zero-order chi connectivity index (χ0) is 24.4. The third kappa shape index (κ3) is 11.8. The van der Waals surface area contributed by atoms with Gasteiger partial charge in [-0.3, -0.25) is 0 Å². The van der Waals surface area contributed by atoms with Crippen molar-refractivity contribution >= 4 is 12.1 Å². The third-order valence-electron chi connectivity index (χ3n) is 4.37. The van der Waals surface area contributed by atoms with Gasteiger partial charge in [-0.05, 0) is 36.5 Å². The van der Waals surface area contributed by atoms with E-state index >= 15 is 0 Å². The molecule has 1 N–H and O–H groups in total. The van der Waals surface area contributed by atoms with Crippen molar-refractivity contribution in [3.8, 4) is 5.75 Å². The van der Waals surface area contributed by atoms with Crippen LogP contribution in [0.25, 0.3) is 0 Å². The number of amides is 1. The van der Waals surface area contributed by atoms with Crippen molar-refractivity contribution in [2.75, 3.05) is 32.9 Å². The molecule has 1 atom stereocenters. The lowest BCUT2D eigenvalue weighted by molar-refractivity contribution is -0.162. The summed E-state index contributed by atoms with van der Waals surface area (Å²) in [5.74, 6) is -0.559. The van der Waals surface area contributed by atoms with Crippen LogP contribution < -0.4 is 4.74 Å². The fourth-order valence-corrected chi connectivity index (χ4v) is 2.63. The van der Waals surface area contributed by atoms with Gasteiger partial charge in [0.25, 0.3) is 0 Å². The van der Waals surface area contributed by atoms with E-state index in [2.05, 4.69) is 4.74 Å². The fourth-order valence-electron chi connectivity index (χ4n) is 2.63. The molecular formula is C22H32F3NO6. The van der Waals surface area contributed by atoms with Gasteiger partial charge in [0, 0.05) is 19.6 Å². The van der Waals surface area contributed by atoms with E-state index in [0.717, 1.165) is 5.56 Å². The predicted molar refractivity (Wildman–Crippen MR) is 112 cm³/mol. The van der Waals surface area contributed by atoms with E-state index < -0.39 is 30.9 Å². The van der Waals surface area contributed by atoms with E-state index in [1.165, 1.54) is 4.90 Å². The quantitative estimate of drug-likeness (QED) is 0.490. The minimum absolute atomic E-state index is 0.0555. The summed E-state index contributed by atoms with van der Waals surface area (Å²) in [5, 5.41) is 9.16. The highest BCUT2D eigenvalue weighted by atomic mass is 19.4. The summed E-state index contributed by atoms with van der Waals surface area (Å²) in [6, 6.07) is 6.72. The molecule has 0 heterocycles. The summed E-state index contributed by atoms with van der Waals surface area (Å²) < 4.78 is 52.3. The van der Waals surface area contributed by atoms with Gasteiger partial charge >= 0.3 is 18.2 Å². The summed E-state index contributed by atoms with van der Waals surface area (Å²) in [4.78, 5) is 24.5. The molecule has 0 aliphatic heterocycles. The van der Waals surface area contributed by atoms with Crippen LogP contribution in [0.2, 0.25) is 0 Å². The largest absolute Gasteiger partial charge is 0.492 e. The Bertz CT molecular complexity index is 716. The first-order chi connectivity index (χ1) is 14.8. The number of aliphatic carboxylic acids is 1. The minimum Gasteiger partial charge on any atom is -0.492 e. The molecule has 0 aliphatic rings. The maximum Gasteiger partial charge on any atom is 0.422 e. The van der Waals surface area contributed by atoms with Crippen LogP contribution in [0, 0.1) is 5.41 Å². The van der Waals surface area contributed by atoms with E-state index in [9.17, 15) is 22.8 Å². The van der Waals surface area contributed by atoms with Crippen molar-refractivity contribution in [2.24, 2.45) is 5.41 Å². The Morgan fingerprint density at radius 3 is 2.22 bits per heavy atom. The smallest absolute Gasteiger partial charge is 0.422 e. The molecule has 0 radical (unpaired) electrons. The molecular weight excluding hydrogens is 431 g/mol. The van der Waals surface area contributed by atoms with Crippen LogP contribution in [0.5, 0.6) is 5.75 Å². The van der Waals surface area contributed by atoms with E-state index in [1.54, 1.807) is 31.2 Å². The minimum atomic E-state index is -4.59. The van der Waals surface area contributed by atoms with Crippen molar-refractivity contribution in [1.82, 2.24) is 4.90 Å². The van der Waals surface area contributed by atoms with E-state index in [1.807, 2.05) is 20.8 Å². The van der Waals surface area contributed by atoms with Gasteiger partial charge < -0.3 is 24.2 Å². The summed E-state index contributed by atoms with van der Waals surface area (Å²) in [7, 11) is 0. The number of carbonyl (C=O) groups excluding carboxylic acids is 1. The Labute approximate surface area is 186 Å². The van der Waals surface area contributed by atoms with Gasteiger partial charge in [0.15, 0.2) is 12.7 Å². The maximum atomic E-state index is 12.4. The average molecular weight is 463 g/mol. The molecule has 1 rings (SSSR count). The first kappa shape index (κ1) is 27.5. The Morgan fingerprint density at radius 1 is 1.09 bits per heavy atom. The molecule has 1 amide bonds. The van der Waals surface area contributed by atoms with Crippen molar-refractivity contribution in [1.29, 1.82) is 0 Å². The van der Waals surface area contributed by atoms with Gasteiger partial charge in [0.1, 0.15) is 12.4 Å². The second-order valence-electron chi connectivity index (χ2n) is 8.45. The molecule has 0 fully saturated rings. The van der Waals surface area contributed by atoms with Crippen LogP contribution in [0.1, 0.15) is 39.7 Å². The standard InChI is InChI=1S/C22H32F3NO6/c1-5-30-18(19(27)28)14-16-6-8-17(9-7-16)31-13-12-26(11-10-21(2,3)4)20(29)32-15-22(23,24)25/h6-9,18H,5,10-15H2,1-4H3,(H,27,28). The monoisotopic (exact) mass is 463 g/mol. The molecule has 7 nitrogen and oxygen atoms in total. The van der Waals surface area contributed by atoms with Crippen molar-refractivity contribution < 1.29 is 42.1 Å². The van der Waals surface area contributed by atoms with Gasteiger partial charge in [-0.2, -0.15) is 13.2 Å². The molecule has 0 bridgehead atoms. The number of nitrogens with zero attached hydrogens (tertiary/aromatic N) is 1. The highest BCUT2D eigenvalue weighted by Crippen LogP contribution is 2.20. The van der Waals surface area contributed by atoms with Crippen LogP contribution in [0.4, 0.5) is 18.0 Å².